The molecule has 0 aromatic carbocycles. The molecule has 15 heavy (non-hydrogen) atoms. The molecule has 1 aromatic heterocycles. The number of rotatable bonds is 2. The van der Waals surface area contributed by atoms with E-state index >= 15 is 0 Å². The lowest BCUT2D eigenvalue weighted by atomic mass is 10.2. The summed E-state index contributed by atoms with van der Waals surface area (Å²) < 4.78 is 0. The van der Waals surface area contributed by atoms with Crippen LogP contribution in [0.3, 0.4) is 0 Å². The highest BCUT2D eigenvalue weighted by Crippen LogP contribution is 2.29. The van der Waals surface area contributed by atoms with Crippen molar-refractivity contribution in [1.82, 2.24) is 14.8 Å². The molecule has 3 heterocycles. The first-order valence-electron chi connectivity index (χ1n) is 5.67. The van der Waals surface area contributed by atoms with Gasteiger partial charge in [-0.3, -0.25) is 9.88 Å². The first-order chi connectivity index (χ1) is 7.33. The van der Waals surface area contributed by atoms with Crippen LogP contribution in [0.5, 0.6) is 0 Å². The zero-order valence-electron chi connectivity index (χ0n) is 9.13. The minimum absolute atomic E-state index is 0.766. The number of hydrogen-bond donors (Lipinski definition) is 0. The van der Waals surface area contributed by atoms with Gasteiger partial charge in [-0.15, -0.1) is 0 Å². The summed E-state index contributed by atoms with van der Waals surface area (Å²) in [6.45, 7) is 3.48. The summed E-state index contributed by atoms with van der Waals surface area (Å²) in [5.41, 5.74) is 1.20. The Hall–Kier alpha value is -0.930. The molecule has 0 aliphatic carbocycles. The van der Waals surface area contributed by atoms with Crippen LogP contribution >= 0.6 is 0 Å². The minimum Gasteiger partial charge on any atom is -0.301 e. The van der Waals surface area contributed by atoms with Crippen LogP contribution in [0.2, 0.25) is 0 Å². The van der Waals surface area contributed by atoms with Gasteiger partial charge in [0.2, 0.25) is 0 Å². The number of piperazine rings is 1. The highest BCUT2D eigenvalue weighted by atomic mass is 15.3. The van der Waals surface area contributed by atoms with Gasteiger partial charge in [0.1, 0.15) is 0 Å². The molecule has 0 saturated carbocycles. The van der Waals surface area contributed by atoms with Gasteiger partial charge in [-0.1, -0.05) is 6.07 Å². The molecule has 3 nitrogen and oxygen atoms in total. The van der Waals surface area contributed by atoms with Crippen molar-refractivity contribution in [2.45, 2.75) is 25.0 Å². The Morgan fingerprint density at radius 3 is 2.87 bits per heavy atom. The molecule has 0 spiro atoms. The summed E-state index contributed by atoms with van der Waals surface area (Å²) >= 11 is 0. The smallest absolute Gasteiger partial charge is 0.0544 e. The van der Waals surface area contributed by atoms with Crippen molar-refractivity contribution < 1.29 is 0 Å². The van der Waals surface area contributed by atoms with E-state index in [0.717, 1.165) is 18.6 Å². The number of nitrogens with zero attached hydrogens (tertiary/aromatic N) is 3. The summed E-state index contributed by atoms with van der Waals surface area (Å²) in [7, 11) is 2.24. The zero-order valence-corrected chi connectivity index (χ0v) is 9.13. The standard InChI is InChI=1S/C12H17N3/c1-14-8-12-6-11(14)9-15(12)7-10-4-2-3-5-13-10/h2-5,11-12H,6-9H2,1H3. The maximum Gasteiger partial charge on any atom is 0.0544 e. The van der Waals surface area contributed by atoms with Crippen molar-refractivity contribution in [3.8, 4) is 0 Å². The van der Waals surface area contributed by atoms with E-state index < -0.39 is 0 Å². The van der Waals surface area contributed by atoms with E-state index in [1.807, 2.05) is 12.3 Å². The Labute approximate surface area is 90.7 Å². The van der Waals surface area contributed by atoms with Crippen molar-refractivity contribution in [2.24, 2.45) is 0 Å². The van der Waals surface area contributed by atoms with Crippen molar-refractivity contribution >= 4 is 0 Å². The summed E-state index contributed by atoms with van der Waals surface area (Å²) in [5, 5.41) is 0. The molecule has 2 atom stereocenters. The van der Waals surface area contributed by atoms with Crippen molar-refractivity contribution in [2.75, 3.05) is 20.1 Å². The number of aromatic nitrogens is 1. The number of fused-ring (bicyclic) bond motifs is 2. The fraction of sp³-hybridized carbons (Fsp3) is 0.583. The zero-order chi connectivity index (χ0) is 10.3. The fourth-order valence-electron chi connectivity index (χ4n) is 2.84. The Bertz CT molecular complexity index is 336. The van der Waals surface area contributed by atoms with E-state index in [2.05, 4.69) is 34.0 Å². The van der Waals surface area contributed by atoms with E-state index in [0.29, 0.717) is 0 Å². The molecule has 0 amide bonds. The molecule has 2 unspecified atom stereocenters. The van der Waals surface area contributed by atoms with Gasteiger partial charge >= 0.3 is 0 Å². The highest BCUT2D eigenvalue weighted by molar-refractivity contribution is 5.06. The molecular formula is C12H17N3. The number of likely N-dealkylation sites (tertiary alicyclic amines) is 2. The molecule has 2 aliphatic rings. The van der Waals surface area contributed by atoms with Gasteiger partial charge in [-0.25, -0.2) is 0 Å². The van der Waals surface area contributed by atoms with Crippen molar-refractivity contribution in [3.63, 3.8) is 0 Å². The quantitative estimate of drug-likeness (QED) is 0.714. The first-order valence-corrected chi connectivity index (χ1v) is 5.67. The normalized spacial score (nSPS) is 31.3. The topological polar surface area (TPSA) is 19.4 Å². The molecule has 2 bridgehead atoms. The maximum atomic E-state index is 4.39. The van der Waals surface area contributed by atoms with Crippen LogP contribution in [0.25, 0.3) is 0 Å². The van der Waals surface area contributed by atoms with E-state index in [9.17, 15) is 0 Å². The Kier molecular flexibility index (Phi) is 2.22. The number of hydrogen-bond acceptors (Lipinski definition) is 3. The van der Waals surface area contributed by atoms with Gasteiger partial charge in [0.25, 0.3) is 0 Å². The largest absolute Gasteiger partial charge is 0.301 e. The van der Waals surface area contributed by atoms with E-state index in [1.165, 1.54) is 25.2 Å². The maximum absolute atomic E-state index is 4.39. The predicted octanol–water partition coefficient (Wildman–Crippen LogP) is 0.970. The van der Waals surface area contributed by atoms with Crippen LogP contribution in [0.4, 0.5) is 0 Å². The lowest BCUT2D eigenvalue weighted by molar-refractivity contribution is 0.142. The van der Waals surface area contributed by atoms with Crippen molar-refractivity contribution in [1.29, 1.82) is 0 Å². The molecule has 0 N–H and O–H groups in total. The molecule has 2 saturated heterocycles. The average Bonchev–Trinajstić information content (AvgIpc) is 2.78. The third-order valence-corrected chi connectivity index (χ3v) is 3.72. The van der Waals surface area contributed by atoms with Gasteiger partial charge in [0.15, 0.2) is 0 Å². The van der Waals surface area contributed by atoms with Crippen LogP contribution in [-0.4, -0.2) is 47.0 Å². The predicted molar refractivity (Wildman–Crippen MR) is 59.5 cm³/mol. The van der Waals surface area contributed by atoms with Gasteiger partial charge in [0.05, 0.1) is 5.69 Å². The Morgan fingerprint density at radius 2 is 2.27 bits per heavy atom. The Balaban J connectivity index is 1.67. The van der Waals surface area contributed by atoms with Crippen LogP contribution in [0, 0.1) is 0 Å². The number of pyridine rings is 1. The van der Waals surface area contributed by atoms with E-state index in [-0.39, 0.29) is 0 Å². The molecule has 1 aromatic rings. The molecule has 3 heteroatoms. The number of likely N-dealkylation sites (N-methyl/N-ethyl adjacent to an activating group) is 1. The van der Waals surface area contributed by atoms with E-state index in [4.69, 9.17) is 0 Å². The summed E-state index contributed by atoms with van der Waals surface area (Å²) in [6.07, 6.45) is 3.24. The average molecular weight is 203 g/mol. The van der Waals surface area contributed by atoms with Crippen LogP contribution in [0.1, 0.15) is 12.1 Å². The second-order valence-electron chi connectivity index (χ2n) is 4.73. The van der Waals surface area contributed by atoms with Gasteiger partial charge in [-0.2, -0.15) is 0 Å². The van der Waals surface area contributed by atoms with Gasteiger partial charge < -0.3 is 4.90 Å². The third-order valence-electron chi connectivity index (χ3n) is 3.72. The van der Waals surface area contributed by atoms with Crippen LogP contribution < -0.4 is 0 Å². The molecular weight excluding hydrogens is 186 g/mol. The molecule has 2 fully saturated rings. The third kappa shape index (κ3) is 1.66. The second-order valence-corrected chi connectivity index (χ2v) is 4.73. The van der Waals surface area contributed by atoms with Crippen LogP contribution in [0.15, 0.2) is 24.4 Å². The Morgan fingerprint density at radius 1 is 1.33 bits per heavy atom. The summed E-state index contributed by atoms with van der Waals surface area (Å²) in [5.74, 6) is 0. The first kappa shape index (κ1) is 9.31. The van der Waals surface area contributed by atoms with Crippen LogP contribution in [-0.2, 0) is 6.54 Å². The summed E-state index contributed by atoms with van der Waals surface area (Å²) in [6, 6.07) is 7.73. The summed E-state index contributed by atoms with van der Waals surface area (Å²) in [4.78, 5) is 9.45. The lowest BCUT2D eigenvalue weighted by Gasteiger charge is -2.31. The molecule has 80 valence electrons. The van der Waals surface area contributed by atoms with Gasteiger partial charge in [-0.05, 0) is 25.6 Å². The minimum atomic E-state index is 0.766. The second kappa shape index (κ2) is 3.58. The highest BCUT2D eigenvalue weighted by Gasteiger charge is 2.41. The molecule has 2 aliphatic heterocycles. The SMILES string of the molecule is CN1CC2CC1CN2Cc1ccccn1. The molecule has 0 radical (unpaired) electrons. The van der Waals surface area contributed by atoms with Gasteiger partial charge in [0, 0.05) is 37.9 Å². The monoisotopic (exact) mass is 203 g/mol. The molecule has 3 rings (SSSR count). The fourth-order valence-corrected chi connectivity index (χ4v) is 2.84. The lowest BCUT2D eigenvalue weighted by Crippen LogP contribution is -2.44. The van der Waals surface area contributed by atoms with E-state index in [1.54, 1.807) is 0 Å². The van der Waals surface area contributed by atoms with Crippen molar-refractivity contribution in [3.05, 3.63) is 30.1 Å².